The lowest BCUT2D eigenvalue weighted by Crippen LogP contribution is -2.36. The minimum atomic E-state index is -0.552. The van der Waals surface area contributed by atoms with Gasteiger partial charge in [-0.1, -0.05) is 0 Å². The van der Waals surface area contributed by atoms with Crippen LogP contribution in [0.4, 0.5) is 11.4 Å². The molecule has 2 rings (SSSR count). The minimum Gasteiger partial charge on any atom is -0.383 e. The van der Waals surface area contributed by atoms with E-state index in [1.54, 1.807) is 7.05 Å². The van der Waals surface area contributed by atoms with E-state index in [0.29, 0.717) is 12.2 Å². The highest BCUT2D eigenvalue weighted by molar-refractivity contribution is 5.96. The number of carbonyl (C=O) groups is 2. The van der Waals surface area contributed by atoms with Crippen molar-refractivity contribution in [3.05, 3.63) is 33.9 Å². The number of carbonyl (C=O) groups excluding carboxylic acids is 2. The molecule has 1 aromatic carbocycles. The lowest BCUT2D eigenvalue weighted by molar-refractivity contribution is -0.384. The number of rotatable bonds is 4. The van der Waals surface area contributed by atoms with Crippen LogP contribution in [0.5, 0.6) is 0 Å². The minimum absolute atomic E-state index is 0.119. The van der Waals surface area contributed by atoms with Crippen molar-refractivity contribution in [2.24, 2.45) is 0 Å². The third-order valence-corrected chi connectivity index (χ3v) is 3.04. The number of hydrogen-bond acceptors (Lipinski definition) is 5. The Hall–Kier alpha value is -2.64. The second-order valence-electron chi connectivity index (χ2n) is 4.42. The summed E-state index contributed by atoms with van der Waals surface area (Å²) >= 11 is 0. The van der Waals surface area contributed by atoms with Crippen molar-refractivity contribution in [1.82, 2.24) is 10.6 Å². The van der Waals surface area contributed by atoms with Crippen molar-refractivity contribution in [2.45, 2.75) is 12.5 Å². The molecule has 0 saturated carbocycles. The molecule has 3 N–H and O–H groups in total. The predicted octanol–water partition coefficient (Wildman–Crippen LogP) is 0.255. The molecule has 0 bridgehead atoms. The molecule has 8 heteroatoms. The molecule has 1 atom stereocenters. The van der Waals surface area contributed by atoms with Crippen molar-refractivity contribution < 1.29 is 14.5 Å². The van der Waals surface area contributed by atoms with Gasteiger partial charge < -0.3 is 16.0 Å². The van der Waals surface area contributed by atoms with Gasteiger partial charge in [0.25, 0.3) is 11.6 Å². The van der Waals surface area contributed by atoms with Crippen LogP contribution in [-0.2, 0) is 4.79 Å². The summed E-state index contributed by atoms with van der Waals surface area (Å²) < 4.78 is 0. The highest BCUT2D eigenvalue weighted by atomic mass is 16.6. The van der Waals surface area contributed by atoms with E-state index in [4.69, 9.17) is 0 Å². The molecule has 0 aromatic heterocycles. The van der Waals surface area contributed by atoms with Gasteiger partial charge in [-0.3, -0.25) is 19.7 Å². The number of nitrogens with one attached hydrogen (secondary N) is 3. The average Bonchev–Trinajstić information content (AvgIpc) is 2.83. The first kappa shape index (κ1) is 13.8. The smallest absolute Gasteiger partial charge is 0.293 e. The summed E-state index contributed by atoms with van der Waals surface area (Å²) in [6.07, 6.45) is 0.225. The van der Waals surface area contributed by atoms with Crippen LogP contribution >= 0.6 is 0 Å². The van der Waals surface area contributed by atoms with Crippen molar-refractivity contribution in [1.29, 1.82) is 0 Å². The molecule has 106 valence electrons. The fraction of sp³-hybridized carbons (Fsp3) is 0.333. The van der Waals surface area contributed by atoms with E-state index < -0.39 is 10.8 Å². The first-order valence-electron chi connectivity index (χ1n) is 6.05. The summed E-state index contributed by atoms with van der Waals surface area (Å²) in [6, 6.07) is 3.91. The van der Waals surface area contributed by atoms with E-state index in [0.717, 1.165) is 0 Å². The zero-order valence-corrected chi connectivity index (χ0v) is 10.8. The molecule has 1 unspecified atom stereocenters. The van der Waals surface area contributed by atoms with Crippen molar-refractivity contribution >= 4 is 23.2 Å². The molecule has 1 heterocycles. The molecule has 20 heavy (non-hydrogen) atoms. The molecule has 0 spiro atoms. The second-order valence-corrected chi connectivity index (χ2v) is 4.42. The zero-order valence-electron chi connectivity index (χ0n) is 10.8. The van der Waals surface area contributed by atoms with Gasteiger partial charge in [0.15, 0.2) is 0 Å². The number of nitro groups is 1. The van der Waals surface area contributed by atoms with Crippen molar-refractivity contribution in [3.63, 3.8) is 0 Å². The summed E-state index contributed by atoms with van der Waals surface area (Å²) in [6.45, 7) is 0.376. The van der Waals surface area contributed by atoms with Crippen LogP contribution in [0.15, 0.2) is 18.2 Å². The number of amides is 2. The molecule has 2 amide bonds. The maximum absolute atomic E-state index is 12.0. The Labute approximate surface area is 114 Å². The summed E-state index contributed by atoms with van der Waals surface area (Å²) in [5.41, 5.74) is 0.361. The monoisotopic (exact) mass is 278 g/mol. The Morgan fingerprint density at radius 2 is 2.25 bits per heavy atom. The molecule has 0 radical (unpaired) electrons. The van der Waals surface area contributed by atoms with Gasteiger partial charge in [-0.05, 0) is 12.1 Å². The Morgan fingerprint density at radius 3 is 2.80 bits per heavy atom. The van der Waals surface area contributed by atoms with Gasteiger partial charge in [0.05, 0.1) is 11.0 Å². The average molecular weight is 278 g/mol. The van der Waals surface area contributed by atoms with E-state index in [-0.39, 0.29) is 29.6 Å². The third-order valence-electron chi connectivity index (χ3n) is 3.04. The van der Waals surface area contributed by atoms with Crippen LogP contribution in [-0.4, -0.2) is 36.4 Å². The molecule has 1 aromatic rings. The maximum atomic E-state index is 12.0. The van der Waals surface area contributed by atoms with Gasteiger partial charge in [-0.15, -0.1) is 0 Å². The number of benzene rings is 1. The van der Waals surface area contributed by atoms with Gasteiger partial charge in [-0.25, -0.2) is 0 Å². The van der Waals surface area contributed by atoms with Gasteiger partial charge in [0.1, 0.15) is 5.69 Å². The van der Waals surface area contributed by atoms with Gasteiger partial charge in [-0.2, -0.15) is 0 Å². The van der Waals surface area contributed by atoms with E-state index in [1.165, 1.54) is 18.2 Å². The molecule has 1 aliphatic rings. The zero-order chi connectivity index (χ0) is 14.7. The topological polar surface area (TPSA) is 113 Å². The van der Waals surface area contributed by atoms with Crippen LogP contribution in [0.1, 0.15) is 16.8 Å². The van der Waals surface area contributed by atoms with Crippen molar-refractivity contribution in [2.75, 3.05) is 18.9 Å². The van der Waals surface area contributed by atoms with Crippen LogP contribution in [0.25, 0.3) is 0 Å². The lowest BCUT2D eigenvalue weighted by atomic mass is 10.1. The highest BCUT2D eigenvalue weighted by Gasteiger charge is 2.24. The molecule has 0 aliphatic carbocycles. The highest BCUT2D eigenvalue weighted by Crippen LogP contribution is 2.25. The molecule has 8 nitrogen and oxygen atoms in total. The van der Waals surface area contributed by atoms with E-state index >= 15 is 0 Å². The van der Waals surface area contributed by atoms with Crippen LogP contribution in [0.2, 0.25) is 0 Å². The first-order chi connectivity index (χ1) is 9.51. The third kappa shape index (κ3) is 2.85. The Morgan fingerprint density at radius 1 is 1.50 bits per heavy atom. The molecule has 1 fully saturated rings. The Balaban J connectivity index is 2.15. The largest absolute Gasteiger partial charge is 0.383 e. The second kappa shape index (κ2) is 5.55. The summed E-state index contributed by atoms with van der Waals surface area (Å²) in [7, 11) is 1.57. The van der Waals surface area contributed by atoms with Gasteiger partial charge in [0.2, 0.25) is 5.91 Å². The SMILES string of the molecule is CNc1ccc(C(=O)NC2CNC(=O)C2)cc1[N+](=O)[O-]. The molecule has 1 aliphatic heterocycles. The lowest BCUT2D eigenvalue weighted by Gasteiger charge is -2.11. The number of nitrogens with zero attached hydrogens (tertiary/aromatic N) is 1. The van der Waals surface area contributed by atoms with Crippen LogP contribution in [0.3, 0.4) is 0 Å². The molecular weight excluding hydrogens is 264 g/mol. The summed E-state index contributed by atoms with van der Waals surface area (Å²) in [5, 5.41) is 18.9. The van der Waals surface area contributed by atoms with E-state index in [1.807, 2.05) is 0 Å². The Bertz CT molecular complexity index is 573. The summed E-state index contributed by atoms with van der Waals surface area (Å²) in [5.74, 6) is -0.552. The number of anilines is 1. The summed E-state index contributed by atoms with van der Waals surface area (Å²) in [4.78, 5) is 33.4. The van der Waals surface area contributed by atoms with E-state index in [9.17, 15) is 19.7 Å². The van der Waals surface area contributed by atoms with Gasteiger partial charge >= 0.3 is 0 Å². The normalized spacial score (nSPS) is 17.4. The fourth-order valence-corrected chi connectivity index (χ4v) is 2.01. The molecule has 1 saturated heterocycles. The number of nitro benzene ring substituents is 1. The van der Waals surface area contributed by atoms with Crippen LogP contribution in [0, 0.1) is 10.1 Å². The first-order valence-corrected chi connectivity index (χ1v) is 6.05. The van der Waals surface area contributed by atoms with Crippen molar-refractivity contribution in [3.8, 4) is 0 Å². The standard InChI is InChI=1S/C12H14N4O4/c1-13-9-3-2-7(4-10(9)16(19)20)12(18)15-8-5-11(17)14-6-8/h2-4,8,13H,5-6H2,1H3,(H,14,17)(H,15,18). The quantitative estimate of drug-likeness (QED) is 0.540. The fourth-order valence-electron chi connectivity index (χ4n) is 2.01. The number of hydrogen-bond donors (Lipinski definition) is 3. The van der Waals surface area contributed by atoms with E-state index in [2.05, 4.69) is 16.0 Å². The predicted molar refractivity (Wildman–Crippen MR) is 71.5 cm³/mol. The maximum Gasteiger partial charge on any atom is 0.293 e. The molecular formula is C12H14N4O4. The van der Waals surface area contributed by atoms with Crippen LogP contribution < -0.4 is 16.0 Å². The van der Waals surface area contributed by atoms with Gasteiger partial charge in [0, 0.05) is 31.6 Å². The Kier molecular flexibility index (Phi) is 3.83.